The highest BCUT2D eigenvalue weighted by molar-refractivity contribution is 5.44. The Hall–Kier alpha value is -2.00. The highest BCUT2D eigenvalue weighted by Crippen LogP contribution is 2.32. The molecule has 2 aromatic carbocycles. The molecule has 0 saturated heterocycles. The zero-order valence-electron chi connectivity index (χ0n) is 14.4. The minimum atomic E-state index is -0.457. The van der Waals surface area contributed by atoms with Crippen LogP contribution in [0.15, 0.2) is 36.4 Å². The van der Waals surface area contributed by atoms with E-state index in [1.54, 1.807) is 7.11 Å². The first-order chi connectivity index (χ1) is 11.0. The maximum atomic E-state index is 10.1. The molecule has 2 rings (SSSR count). The van der Waals surface area contributed by atoms with Crippen LogP contribution in [-0.4, -0.2) is 12.2 Å². The molecule has 0 aliphatic rings. The second kappa shape index (κ2) is 8.02. The maximum absolute atomic E-state index is 10.1. The van der Waals surface area contributed by atoms with E-state index in [2.05, 4.69) is 39.0 Å². The predicted octanol–water partition coefficient (Wildman–Crippen LogP) is 4.72. The van der Waals surface area contributed by atoms with Crippen LogP contribution in [-0.2, 0) is 6.61 Å². The molecule has 1 atom stereocenters. The standard InChI is InChI=1S/C20H26O3/c1-5-6-18(21)16-9-10-19(20(12-16)22-4)23-13-17-11-14(2)7-8-15(17)3/h7-12,18,21H,5-6,13H2,1-4H3. The maximum Gasteiger partial charge on any atom is 0.161 e. The number of aliphatic hydroxyl groups is 1. The van der Waals surface area contributed by atoms with Gasteiger partial charge in [-0.25, -0.2) is 0 Å². The van der Waals surface area contributed by atoms with E-state index in [9.17, 15) is 5.11 Å². The van der Waals surface area contributed by atoms with Gasteiger partial charge in [-0.3, -0.25) is 0 Å². The fourth-order valence-corrected chi connectivity index (χ4v) is 2.56. The van der Waals surface area contributed by atoms with E-state index < -0.39 is 6.10 Å². The summed E-state index contributed by atoms with van der Waals surface area (Å²) in [5, 5.41) is 10.1. The smallest absolute Gasteiger partial charge is 0.161 e. The number of methoxy groups -OCH3 is 1. The molecule has 1 N–H and O–H groups in total. The quantitative estimate of drug-likeness (QED) is 0.803. The van der Waals surface area contributed by atoms with E-state index in [0.717, 1.165) is 18.4 Å². The van der Waals surface area contributed by atoms with Gasteiger partial charge in [0.25, 0.3) is 0 Å². The molecular weight excluding hydrogens is 288 g/mol. The van der Waals surface area contributed by atoms with Crippen LogP contribution >= 0.6 is 0 Å². The largest absolute Gasteiger partial charge is 0.493 e. The first kappa shape index (κ1) is 17.4. The van der Waals surface area contributed by atoms with Crippen molar-refractivity contribution in [2.75, 3.05) is 7.11 Å². The average Bonchev–Trinajstić information content (AvgIpc) is 2.55. The molecule has 0 bridgehead atoms. The van der Waals surface area contributed by atoms with Crippen molar-refractivity contribution in [2.45, 2.75) is 46.3 Å². The van der Waals surface area contributed by atoms with Crippen LogP contribution in [0.2, 0.25) is 0 Å². The second-order valence-corrected chi connectivity index (χ2v) is 5.93. The molecular formula is C20H26O3. The summed E-state index contributed by atoms with van der Waals surface area (Å²) >= 11 is 0. The highest BCUT2D eigenvalue weighted by atomic mass is 16.5. The average molecular weight is 314 g/mol. The van der Waals surface area contributed by atoms with Crippen LogP contribution in [0.4, 0.5) is 0 Å². The molecule has 23 heavy (non-hydrogen) atoms. The summed E-state index contributed by atoms with van der Waals surface area (Å²) in [6, 6.07) is 12.0. The lowest BCUT2D eigenvalue weighted by Crippen LogP contribution is -2.02. The van der Waals surface area contributed by atoms with Crippen molar-refractivity contribution >= 4 is 0 Å². The van der Waals surface area contributed by atoms with Gasteiger partial charge in [-0.1, -0.05) is 43.2 Å². The lowest BCUT2D eigenvalue weighted by atomic mass is 10.0. The number of hydrogen-bond donors (Lipinski definition) is 1. The van der Waals surface area contributed by atoms with Crippen LogP contribution in [0.1, 0.15) is 48.1 Å². The SMILES string of the molecule is CCCC(O)c1ccc(OCc2cc(C)ccc2C)c(OC)c1. The minimum absolute atomic E-state index is 0.457. The first-order valence-corrected chi connectivity index (χ1v) is 8.10. The Morgan fingerprint density at radius 2 is 1.83 bits per heavy atom. The normalized spacial score (nSPS) is 12.0. The van der Waals surface area contributed by atoms with Crippen LogP contribution in [0.3, 0.4) is 0 Å². The molecule has 0 radical (unpaired) electrons. The Labute approximate surface area is 138 Å². The van der Waals surface area contributed by atoms with E-state index in [4.69, 9.17) is 9.47 Å². The van der Waals surface area contributed by atoms with Crippen LogP contribution in [0.25, 0.3) is 0 Å². The van der Waals surface area contributed by atoms with Crippen molar-refractivity contribution in [1.82, 2.24) is 0 Å². The fraction of sp³-hybridized carbons (Fsp3) is 0.400. The Kier molecular flexibility index (Phi) is 6.05. The molecule has 2 aromatic rings. The first-order valence-electron chi connectivity index (χ1n) is 8.10. The number of aliphatic hydroxyl groups excluding tert-OH is 1. The molecule has 0 aliphatic carbocycles. The summed E-state index contributed by atoms with van der Waals surface area (Å²) in [7, 11) is 1.62. The van der Waals surface area contributed by atoms with Gasteiger partial charge >= 0.3 is 0 Å². The second-order valence-electron chi connectivity index (χ2n) is 5.93. The third-order valence-electron chi connectivity index (χ3n) is 4.02. The van der Waals surface area contributed by atoms with Gasteiger partial charge in [-0.05, 0) is 49.1 Å². The van der Waals surface area contributed by atoms with E-state index in [1.807, 2.05) is 18.2 Å². The van der Waals surface area contributed by atoms with E-state index in [0.29, 0.717) is 18.1 Å². The third-order valence-corrected chi connectivity index (χ3v) is 4.02. The van der Waals surface area contributed by atoms with Gasteiger partial charge in [0, 0.05) is 0 Å². The number of aryl methyl sites for hydroxylation is 2. The summed E-state index contributed by atoms with van der Waals surface area (Å²) in [5.41, 5.74) is 4.47. The molecule has 0 amide bonds. The monoisotopic (exact) mass is 314 g/mol. The topological polar surface area (TPSA) is 38.7 Å². The summed E-state index contributed by atoms with van der Waals surface area (Å²) in [4.78, 5) is 0. The molecule has 3 heteroatoms. The molecule has 3 nitrogen and oxygen atoms in total. The molecule has 0 aromatic heterocycles. The van der Waals surface area contributed by atoms with Gasteiger partial charge in [0.05, 0.1) is 13.2 Å². The zero-order chi connectivity index (χ0) is 16.8. The zero-order valence-corrected chi connectivity index (χ0v) is 14.4. The van der Waals surface area contributed by atoms with Crippen molar-refractivity contribution in [3.8, 4) is 11.5 Å². The lowest BCUT2D eigenvalue weighted by molar-refractivity contribution is 0.166. The molecule has 0 spiro atoms. The molecule has 1 unspecified atom stereocenters. The Morgan fingerprint density at radius 1 is 1.04 bits per heavy atom. The molecule has 0 aliphatic heterocycles. The number of ether oxygens (including phenoxy) is 2. The van der Waals surface area contributed by atoms with Gasteiger partial charge in [0.2, 0.25) is 0 Å². The van der Waals surface area contributed by atoms with Gasteiger partial charge in [-0.2, -0.15) is 0 Å². The minimum Gasteiger partial charge on any atom is -0.493 e. The summed E-state index contributed by atoms with van der Waals surface area (Å²) in [6.45, 7) is 6.72. The Morgan fingerprint density at radius 3 is 2.52 bits per heavy atom. The highest BCUT2D eigenvalue weighted by Gasteiger charge is 2.12. The van der Waals surface area contributed by atoms with Crippen molar-refractivity contribution in [3.05, 3.63) is 58.7 Å². The van der Waals surface area contributed by atoms with Gasteiger partial charge in [-0.15, -0.1) is 0 Å². The third kappa shape index (κ3) is 4.49. The predicted molar refractivity (Wildman–Crippen MR) is 93.1 cm³/mol. The Bertz CT molecular complexity index is 649. The lowest BCUT2D eigenvalue weighted by Gasteiger charge is -2.15. The molecule has 0 heterocycles. The van der Waals surface area contributed by atoms with Crippen molar-refractivity contribution in [3.63, 3.8) is 0 Å². The molecule has 0 saturated carbocycles. The number of rotatable bonds is 7. The van der Waals surface area contributed by atoms with Crippen molar-refractivity contribution in [1.29, 1.82) is 0 Å². The van der Waals surface area contributed by atoms with Gasteiger partial charge in [0.15, 0.2) is 11.5 Å². The van der Waals surface area contributed by atoms with Crippen LogP contribution in [0.5, 0.6) is 11.5 Å². The molecule has 124 valence electrons. The Balaban J connectivity index is 2.15. The number of benzene rings is 2. The van der Waals surface area contributed by atoms with E-state index >= 15 is 0 Å². The van der Waals surface area contributed by atoms with Gasteiger partial charge in [0.1, 0.15) is 6.61 Å². The van der Waals surface area contributed by atoms with E-state index in [-0.39, 0.29) is 0 Å². The number of hydrogen-bond acceptors (Lipinski definition) is 3. The van der Waals surface area contributed by atoms with Crippen LogP contribution < -0.4 is 9.47 Å². The summed E-state index contributed by atoms with van der Waals surface area (Å²) < 4.78 is 11.4. The van der Waals surface area contributed by atoms with Crippen molar-refractivity contribution in [2.24, 2.45) is 0 Å². The molecule has 0 fully saturated rings. The summed E-state index contributed by atoms with van der Waals surface area (Å²) in [6.07, 6.45) is 1.22. The van der Waals surface area contributed by atoms with E-state index in [1.165, 1.54) is 16.7 Å². The summed E-state index contributed by atoms with van der Waals surface area (Å²) in [5.74, 6) is 1.35. The van der Waals surface area contributed by atoms with Gasteiger partial charge < -0.3 is 14.6 Å². The van der Waals surface area contributed by atoms with Crippen molar-refractivity contribution < 1.29 is 14.6 Å². The van der Waals surface area contributed by atoms with Crippen LogP contribution in [0, 0.1) is 13.8 Å². The fourth-order valence-electron chi connectivity index (χ4n) is 2.56.